The molecule has 8 rings (SSSR count). The zero-order valence-corrected chi connectivity index (χ0v) is 33.7. The number of fused-ring (bicyclic) bond motifs is 6. The smallest absolute Gasteiger partial charge is 0.317 e. The molecular weight excluding hydrogens is 828 g/mol. The summed E-state index contributed by atoms with van der Waals surface area (Å²) in [5.41, 5.74) is 17.0. The molecule has 5 heterocycles. The quantitative estimate of drug-likeness (QED) is 0.0400. The maximum absolute atomic E-state index is 12.4. The Labute approximate surface area is 359 Å². The highest BCUT2D eigenvalue weighted by atomic mass is 16.7. The molecule has 10 atom stereocenters. The van der Waals surface area contributed by atoms with Crippen LogP contribution in [0.3, 0.4) is 0 Å². The molecule has 20 nitrogen and oxygen atoms in total. The van der Waals surface area contributed by atoms with E-state index in [4.69, 9.17) is 49.7 Å². The van der Waals surface area contributed by atoms with Crippen LogP contribution in [-0.4, -0.2) is 136 Å². The summed E-state index contributed by atoms with van der Waals surface area (Å²) in [5.74, 6) is -2.08. The lowest BCUT2D eigenvalue weighted by Crippen LogP contribution is -3.08. The van der Waals surface area contributed by atoms with Crippen LogP contribution in [0, 0.1) is 0 Å². The van der Waals surface area contributed by atoms with Gasteiger partial charge in [-0.3, -0.25) is 19.5 Å². The van der Waals surface area contributed by atoms with E-state index in [1.165, 1.54) is 0 Å². The minimum Gasteiger partial charge on any atom is -0.489 e. The Bertz CT molecular complexity index is 2290. The summed E-state index contributed by atoms with van der Waals surface area (Å²) in [6, 6.07) is 16.4. The van der Waals surface area contributed by atoms with Crippen molar-refractivity contribution in [3.63, 3.8) is 0 Å². The predicted octanol–water partition coefficient (Wildman–Crippen LogP) is -1.96. The Hall–Kier alpha value is -5.65. The maximum Gasteiger partial charge on any atom is 0.317 e. The summed E-state index contributed by atoms with van der Waals surface area (Å²) >= 11 is 0. The summed E-state index contributed by atoms with van der Waals surface area (Å²) in [5, 5.41) is 72.3. The Kier molecular flexibility index (Phi) is 13.0. The number of carbonyl (C=O) groups is 2. The summed E-state index contributed by atoms with van der Waals surface area (Å²) in [4.78, 5) is 28.9. The standard InChI is InChI=1S/C43H48N4O16/c44-42(45)41(61-30(53)15-29(51)52)40-35(55)34(54)36(56)43(63-40)59-23-13-22(17-47-16-21-8-9-46-33(21)25(47)18-49)31-28(14-23)60-27(12-20-4-2-1-3-5-20)32-24-6-7-26(58-19-50)38(57-11-10-48)37(24)62-39(31)32/h1-9,13-14,27,32,34-36,39-43,48-50,54-56H,10-12,15-19,44-45H2,(H,51,52)/p+1. The first kappa shape index (κ1) is 44.0. The fraction of sp³-hybridized carbons (Fsp3) is 0.419. The van der Waals surface area contributed by atoms with Crippen LogP contribution in [0.25, 0.3) is 0 Å². The number of hydrogen-bond acceptors (Lipinski definition) is 18. The summed E-state index contributed by atoms with van der Waals surface area (Å²) < 4.78 is 42.7. The number of allylic oxidation sites excluding steroid dienone is 1. The fourth-order valence-electron chi connectivity index (χ4n) is 8.88. The highest BCUT2D eigenvalue weighted by Crippen LogP contribution is 2.59. The molecular formula is C43H49N4O16+. The second kappa shape index (κ2) is 18.6. The van der Waals surface area contributed by atoms with Crippen molar-refractivity contribution in [3.05, 3.63) is 99.9 Å². The van der Waals surface area contributed by atoms with Crippen molar-refractivity contribution in [2.75, 3.05) is 33.2 Å². The van der Waals surface area contributed by atoms with Gasteiger partial charge < -0.3 is 80.4 Å². The Balaban J connectivity index is 1.22. The van der Waals surface area contributed by atoms with Crippen molar-refractivity contribution >= 4 is 18.2 Å². The first-order valence-corrected chi connectivity index (χ1v) is 20.3. The molecule has 5 aliphatic rings. The number of rotatable bonds is 17. The van der Waals surface area contributed by atoms with Gasteiger partial charge in [0, 0.05) is 41.0 Å². The van der Waals surface area contributed by atoms with Gasteiger partial charge in [0.05, 0.1) is 18.7 Å². The van der Waals surface area contributed by atoms with Gasteiger partial charge in [-0.05, 0) is 23.8 Å². The number of aliphatic hydroxyl groups is 6. The largest absolute Gasteiger partial charge is 0.489 e. The average molecular weight is 878 g/mol. The van der Waals surface area contributed by atoms with Gasteiger partial charge in [0.2, 0.25) is 12.0 Å². The van der Waals surface area contributed by atoms with Crippen LogP contribution in [0.5, 0.6) is 28.7 Å². The summed E-state index contributed by atoms with van der Waals surface area (Å²) in [7, 11) is 0. The van der Waals surface area contributed by atoms with E-state index in [1.54, 1.807) is 24.4 Å². The van der Waals surface area contributed by atoms with Crippen molar-refractivity contribution in [3.8, 4) is 28.7 Å². The van der Waals surface area contributed by atoms with Crippen LogP contribution in [0.15, 0.2) is 82.6 Å². The minimum absolute atomic E-state index is 0.0684. The van der Waals surface area contributed by atoms with Crippen LogP contribution in [0.1, 0.15) is 40.7 Å². The summed E-state index contributed by atoms with van der Waals surface area (Å²) in [6.07, 6.45) is -10.8. The number of aliphatic carboxylic acids is 1. The molecule has 336 valence electrons. The van der Waals surface area contributed by atoms with Crippen molar-refractivity contribution < 1.29 is 83.4 Å². The van der Waals surface area contributed by atoms with Crippen molar-refractivity contribution in [1.29, 1.82) is 0 Å². The third-order valence-electron chi connectivity index (χ3n) is 11.6. The molecule has 0 amide bonds. The molecule has 10 unspecified atom stereocenters. The molecule has 5 aliphatic heterocycles. The number of carboxylic acids is 1. The van der Waals surface area contributed by atoms with Gasteiger partial charge in [-0.1, -0.05) is 36.4 Å². The topological polar surface area (TPSA) is 309 Å². The lowest BCUT2D eigenvalue weighted by molar-refractivity contribution is -0.867. The number of nitrogens with zero attached hydrogens (tertiary/aromatic N) is 1. The third kappa shape index (κ3) is 8.70. The van der Waals surface area contributed by atoms with Gasteiger partial charge in [0.15, 0.2) is 30.1 Å². The number of aliphatic hydroxyl groups excluding tert-OH is 6. The minimum atomic E-state index is -1.94. The van der Waals surface area contributed by atoms with Crippen LogP contribution in [0.2, 0.25) is 0 Å². The number of benzene rings is 3. The number of aliphatic imine (C=N–C) groups is 1. The van der Waals surface area contributed by atoms with Gasteiger partial charge in [-0.15, -0.1) is 0 Å². The number of hydrogen-bond donors (Lipinski definition) is 10. The van der Waals surface area contributed by atoms with E-state index in [-0.39, 0.29) is 43.6 Å². The normalized spacial score (nSPS) is 27.1. The highest BCUT2D eigenvalue weighted by molar-refractivity contribution is 5.90. The van der Waals surface area contributed by atoms with Crippen molar-refractivity contribution in [1.82, 2.24) is 0 Å². The van der Waals surface area contributed by atoms with Crippen molar-refractivity contribution in [2.24, 2.45) is 16.5 Å². The number of quaternary nitrogens is 1. The molecule has 0 bridgehead atoms. The highest BCUT2D eigenvalue weighted by Gasteiger charge is 2.52. The van der Waals surface area contributed by atoms with E-state index >= 15 is 0 Å². The predicted molar refractivity (Wildman–Crippen MR) is 216 cm³/mol. The van der Waals surface area contributed by atoms with Gasteiger partial charge >= 0.3 is 11.9 Å². The molecule has 0 spiro atoms. The molecule has 0 saturated carbocycles. The SMILES string of the molecule is NC(N)C(OC(=O)CC(=O)O)C1OC(Oc2cc(C[NH+]3CC4=CC=NC4=C3CO)c3c(c2)OC(Cc2ccccc2)C2c4ccc(OCO)c(OCCO)c4OC32)C(O)C(O)C1O. The number of carbonyl (C=O) groups excluding carboxylic acids is 1. The molecule has 1 fully saturated rings. The molecule has 1 saturated heterocycles. The van der Waals surface area contributed by atoms with Gasteiger partial charge in [0.1, 0.15) is 86.5 Å². The van der Waals surface area contributed by atoms with Gasteiger partial charge in [-0.25, -0.2) is 0 Å². The monoisotopic (exact) mass is 877 g/mol. The second-order valence-corrected chi connectivity index (χ2v) is 15.6. The molecule has 0 radical (unpaired) electrons. The Morgan fingerprint density at radius 1 is 0.968 bits per heavy atom. The molecule has 12 N–H and O–H groups in total. The zero-order chi connectivity index (χ0) is 44.5. The molecule has 0 aromatic heterocycles. The molecule has 3 aromatic rings. The molecule has 0 aliphatic carbocycles. The third-order valence-corrected chi connectivity index (χ3v) is 11.6. The van der Waals surface area contributed by atoms with E-state index in [0.29, 0.717) is 47.0 Å². The van der Waals surface area contributed by atoms with Crippen LogP contribution in [0.4, 0.5) is 0 Å². The van der Waals surface area contributed by atoms with E-state index < -0.39 is 86.3 Å². The van der Waals surface area contributed by atoms with Crippen LogP contribution < -0.4 is 40.1 Å². The zero-order valence-electron chi connectivity index (χ0n) is 33.7. The van der Waals surface area contributed by atoms with Gasteiger partial charge in [-0.2, -0.15) is 0 Å². The lowest BCUT2D eigenvalue weighted by Gasteiger charge is -2.43. The lowest BCUT2D eigenvalue weighted by atomic mass is 9.80. The molecule has 63 heavy (non-hydrogen) atoms. The van der Waals surface area contributed by atoms with Crippen molar-refractivity contribution in [2.45, 2.75) is 80.5 Å². The van der Waals surface area contributed by atoms with Crippen LogP contribution >= 0.6 is 0 Å². The number of nitrogens with two attached hydrogens (primary N) is 2. The van der Waals surface area contributed by atoms with Crippen LogP contribution in [-0.2, 0) is 32.0 Å². The number of esters is 1. The Morgan fingerprint density at radius 2 is 1.76 bits per heavy atom. The number of nitrogens with one attached hydrogen (secondary N) is 1. The fourth-order valence-corrected chi connectivity index (χ4v) is 8.88. The molecule has 3 aromatic carbocycles. The van der Waals surface area contributed by atoms with E-state index in [1.807, 2.05) is 42.5 Å². The first-order valence-electron chi connectivity index (χ1n) is 20.3. The average Bonchev–Trinajstić information content (AvgIpc) is 3.96. The van der Waals surface area contributed by atoms with E-state index in [2.05, 4.69) is 4.99 Å². The second-order valence-electron chi connectivity index (χ2n) is 15.6. The number of ether oxygens (including phenoxy) is 7. The Morgan fingerprint density at radius 3 is 2.48 bits per heavy atom. The van der Waals surface area contributed by atoms with Gasteiger partial charge in [0.25, 0.3) is 0 Å². The molecule has 20 heteroatoms. The van der Waals surface area contributed by atoms with E-state index in [0.717, 1.165) is 21.6 Å². The summed E-state index contributed by atoms with van der Waals surface area (Å²) in [6.45, 7) is -0.622. The van der Waals surface area contributed by atoms with E-state index in [9.17, 15) is 40.2 Å². The first-order chi connectivity index (χ1) is 30.4. The number of carboxylic acid groups (broad SMARTS) is 1. The maximum atomic E-state index is 12.4.